The number of rotatable bonds is 5. The molecule has 200 valence electrons. The molecular formula is C29H36N6O3. The first-order chi connectivity index (χ1) is 18.6. The SMILES string of the molecule is Cc1ccccc1-c1cc2cnc(NC3CCN(C(=O)NC4CCCC4)C3)nc2n(C2CCOCC2)c1=O. The Morgan fingerprint density at radius 2 is 1.82 bits per heavy atom. The van der Waals surface area contributed by atoms with E-state index in [9.17, 15) is 9.59 Å². The zero-order chi connectivity index (χ0) is 26.1. The number of nitrogens with zero attached hydrogens (tertiary/aromatic N) is 4. The molecule has 2 saturated heterocycles. The van der Waals surface area contributed by atoms with Crippen molar-refractivity contribution in [3.63, 3.8) is 0 Å². The number of amides is 2. The monoisotopic (exact) mass is 516 g/mol. The predicted molar refractivity (Wildman–Crippen MR) is 147 cm³/mol. The van der Waals surface area contributed by atoms with Crippen molar-refractivity contribution < 1.29 is 9.53 Å². The van der Waals surface area contributed by atoms with Gasteiger partial charge in [-0.15, -0.1) is 0 Å². The number of hydrogen-bond acceptors (Lipinski definition) is 6. The quantitative estimate of drug-likeness (QED) is 0.526. The van der Waals surface area contributed by atoms with Crippen molar-refractivity contribution in [2.45, 2.75) is 70.0 Å². The number of carbonyl (C=O) groups excluding carboxylic acids is 1. The Balaban J connectivity index is 1.28. The summed E-state index contributed by atoms with van der Waals surface area (Å²) in [6, 6.07) is 10.3. The van der Waals surface area contributed by atoms with Gasteiger partial charge in [-0.25, -0.2) is 9.78 Å². The number of likely N-dealkylation sites (tertiary alicyclic amines) is 1. The van der Waals surface area contributed by atoms with Gasteiger partial charge in [0.05, 0.1) is 0 Å². The van der Waals surface area contributed by atoms with E-state index < -0.39 is 0 Å². The number of fused-ring (bicyclic) bond motifs is 1. The Morgan fingerprint density at radius 1 is 1.03 bits per heavy atom. The minimum atomic E-state index is -0.0287. The van der Waals surface area contributed by atoms with Gasteiger partial charge in [-0.05, 0) is 56.2 Å². The number of anilines is 1. The van der Waals surface area contributed by atoms with E-state index in [1.165, 1.54) is 12.8 Å². The number of ether oxygens (including phenoxy) is 1. The summed E-state index contributed by atoms with van der Waals surface area (Å²) in [7, 11) is 0. The molecule has 4 heterocycles. The third-order valence-corrected chi connectivity index (χ3v) is 8.26. The van der Waals surface area contributed by atoms with Crippen LogP contribution in [0.4, 0.5) is 10.7 Å². The van der Waals surface area contributed by atoms with Gasteiger partial charge in [-0.3, -0.25) is 9.36 Å². The molecule has 1 atom stereocenters. The molecule has 3 aromatic rings. The number of aromatic nitrogens is 3. The number of urea groups is 1. The van der Waals surface area contributed by atoms with Crippen LogP contribution in [-0.4, -0.2) is 63.9 Å². The minimum absolute atomic E-state index is 0.0201. The highest BCUT2D eigenvalue weighted by Gasteiger charge is 2.29. The van der Waals surface area contributed by atoms with E-state index in [-0.39, 0.29) is 23.7 Å². The summed E-state index contributed by atoms with van der Waals surface area (Å²) in [5.74, 6) is 0.490. The van der Waals surface area contributed by atoms with Crippen LogP contribution in [-0.2, 0) is 4.74 Å². The second-order valence-electron chi connectivity index (χ2n) is 10.9. The molecule has 2 N–H and O–H groups in total. The smallest absolute Gasteiger partial charge is 0.317 e. The number of nitrogens with one attached hydrogen (secondary N) is 2. The van der Waals surface area contributed by atoms with Crippen molar-refractivity contribution in [1.82, 2.24) is 24.8 Å². The van der Waals surface area contributed by atoms with Crippen LogP contribution >= 0.6 is 0 Å². The Hall–Kier alpha value is -3.46. The lowest BCUT2D eigenvalue weighted by atomic mass is 10.00. The van der Waals surface area contributed by atoms with Crippen LogP contribution in [0.2, 0.25) is 0 Å². The Kier molecular flexibility index (Phi) is 7.02. The molecule has 38 heavy (non-hydrogen) atoms. The van der Waals surface area contributed by atoms with Crippen LogP contribution in [0.25, 0.3) is 22.2 Å². The number of carbonyl (C=O) groups is 1. The van der Waals surface area contributed by atoms with E-state index in [1.54, 1.807) is 6.20 Å². The van der Waals surface area contributed by atoms with Crippen LogP contribution in [0, 0.1) is 6.92 Å². The Labute approximate surface area is 222 Å². The van der Waals surface area contributed by atoms with Crippen molar-refractivity contribution in [3.8, 4) is 11.1 Å². The second-order valence-corrected chi connectivity index (χ2v) is 10.9. The van der Waals surface area contributed by atoms with Crippen molar-refractivity contribution in [2.75, 3.05) is 31.6 Å². The summed E-state index contributed by atoms with van der Waals surface area (Å²) >= 11 is 0. The molecule has 3 fully saturated rings. The number of hydrogen-bond donors (Lipinski definition) is 2. The van der Waals surface area contributed by atoms with Crippen molar-refractivity contribution in [1.29, 1.82) is 0 Å². The van der Waals surface area contributed by atoms with E-state index in [0.29, 0.717) is 49.5 Å². The summed E-state index contributed by atoms with van der Waals surface area (Å²) in [4.78, 5) is 38.0. The van der Waals surface area contributed by atoms with Gasteiger partial charge in [0.25, 0.3) is 5.56 Å². The second kappa shape index (κ2) is 10.7. The maximum atomic E-state index is 13.9. The van der Waals surface area contributed by atoms with Gasteiger partial charge >= 0.3 is 6.03 Å². The van der Waals surface area contributed by atoms with Crippen molar-refractivity contribution >= 4 is 23.0 Å². The molecule has 1 unspecified atom stereocenters. The number of benzene rings is 1. The molecule has 0 bridgehead atoms. The van der Waals surface area contributed by atoms with E-state index in [2.05, 4.69) is 15.6 Å². The number of pyridine rings is 1. The zero-order valence-electron chi connectivity index (χ0n) is 22.0. The molecule has 1 saturated carbocycles. The van der Waals surface area contributed by atoms with Crippen molar-refractivity contribution in [3.05, 3.63) is 52.4 Å². The third-order valence-electron chi connectivity index (χ3n) is 8.26. The largest absolute Gasteiger partial charge is 0.381 e. The van der Waals surface area contributed by atoms with Crippen molar-refractivity contribution in [2.24, 2.45) is 0 Å². The van der Waals surface area contributed by atoms with Crippen LogP contribution in [0.5, 0.6) is 0 Å². The molecule has 0 spiro atoms. The first kappa shape index (κ1) is 24.9. The lowest BCUT2D eigenvalue weighted by Crippen LogP contribution is -2.43. The zero-order valence-corrected chi connectivity index (χ0v) is 22.0. The number of aryl methyl sites for hydroxylation is 1. The Bertz CT molecular complexity index is 1380. The summed E-state index contributed by atoms with van der Waals surface area (Å²) in [5.41, 5.74) is 3.28. The molecule has 2 aromatic heterocycles. The molecule has 3 aliphatic rings. The van der Waals surface area contributed by atoms with Crippen LogP contribution < -0.4 is 16.2 Å². The van der Waals surface area contributed by atoms with Gasteiger partial charge in [0.2, 0.25) is 5.95 Å². The fraction of sp³-hybridized carbons (Fsp3) is 0.517. The van der Waals surface area contributed by atoms with Gasteiger partial charge in [0, 0.05) is 61.6 Å². The standard InChI is InChI=1S/C29H36N6O3/c1-19-6-2-5-9-24(19)25-16-20-17-30-28(33-26(20)35(27(25)36)23-11-14-38-15-12-23)31-22-10-13-34(18-22)29(37)32-21-7-3-4-8-21/h2,5-6,9,16-17,21-23H,3-4,7-8,10-15,18H2,1H3,(H,32,37)(H,30,31,33). The molecule has 1 aliphatic carbocycles. The van der Waals surface area contributed by atoms with E-state index in [0.717, 1.165) is 48.6 Å². The van der Waals surface area contributed by atoms with Crippen LogP contribution in [0.15, 0.2) is 41.3 Å². The van der Waals surface area contributed by atoms with E-state index >= 15 is 0 Å². The fourth-order valence-electron chi connectivity index (χ4n) is 6.12. The van der Waals surface area contributed by atoms with E-state index in [1.807, 2.05) is 46.7 Å². The van der Waals surface area contributed by atoms with Gasteiger partial charge < -0.3 is 20.3 Å². The maximum absolute atomic E-state index is 13.9. The molecule has 2 amide bonds. The van der Waals surface area contributed by atoms with Gasteiger partial charge in [0.15, 0.2) is 0 Å². The molecule has 1 aromatic carbocycles. The van der Waals surface area contributed by atoms with Crippen LogP contribution in [0.1, 0.15) is 56.6 Å². The van der Waals surface area contributed by atoms with Gasteiger partial charge in [0.1, 0.15) is 5.65 Å². The maximum Gasteiger partial charge on any atom is 0.317 e. The molecule has 2 aliphatic heterocycles. The summed E-state index contributed by atoms with van der Waals surface area (Å²) in [6.07, 6.45) is 8.72. The summed E-state index contributed by atoms with van der Waals surface area (Å²) in [6.45, 7) is 4.60. The lowest BCUT2D eigenvalue weighted by molar-refractivity contribution is 0.0697. The summed E-state index contributed by atoms with van der Waals surface area (Å²) < 4.78 is 7.46. The van der Waals surface area contributed by atoms with Crippen LogP contribution in [0.3, 0.4) is 0 Å². The highest BCUT2D eigenvalue weighted by Crippen LogP contribution is 2.28. The normalized spacial score (nSPS) is 20.8. The molecule has 9 heteroatoms. The third kappa shape index (κ3) is 4.99. The highest BCUT2D eigenvalue weighted by molar-refractivity contribution is 5.82. The first-order valence-electron chi connectivity index (χ1n) is 13.9. The molecule has 6 rings (SSSR count). The van der Waals surface area contributed by atoms with Gasteiger partial charge in [-0.1, -0.05) is 37.1 Å². The first-order valence-corrected chi connectivity index (χ1v) is 13.9. The Morgan fingerprint density at radius 3 is 2.61 bits per heavy atom. The average Bonchev–Trinajstić information content (AvgIpc) is 3.62. The van der Waals surface area contributed by atoms with E-state index in [4.69, 9.17) is 9.72 Å². The average molecular weight is 517 g/mol. The predicted octanol–water partition coefficient (Wildman–Crippen LogP) is 4.26. The minimum Gasteiger partial charge on any atom is -0.381 e. The molecule has 9 nitrogen and oxygen atoms in total. The highest BCUT2D eigenvalue weighted by atomic mass is 16.5. The molecule has 0 radical (unpaired) electrons. The van der Waals surface area contributed by atoms with Gasteiger partial charge in [-0.2, -0.15) is 4.98 Å². The lowest BCUT2D eigenvalue weighted by Gasteiger charge is -2.26. The fourth-order valence-corrected chi connectivity index (χ4v) is 6.12. The summed E-state index contributed by atoms with van der Waals surface area (Å²) in [5, 5.41) is 7.45. The molecular weight excluding hydrogens is 480 g/mol. The topological polar surface area (TPSA) is 101 Å².